The van der Waals surface area contributed by atoms with E-state index in [9.17, 15) is 4.79 Å². The van der Waals surface area contributed by atoms with Gasteiger partial charge >= 0.3 is 0 Å². The minimum atomic E-state index is 0.429. The van der Waals surface area contributed by atoms with E-state index in [0.717, 1.165) is 23.2 Å². The first-order valence-electron chi connectivity index (χ1n) is 5.90. The van der Waals surface area contributed by atoms with Crippen LogP contribution >= 0.6 is 0 Å². The molecule has 19 heavy (non-hydrogen) atoms. The Hall–Kier alpha value is -2.36. The van der Waals surface area contributed by atoms with Gasteiger partial charge in [0.2, 0.25) is 5.88 Å². The highest BCUT2D eigenvalue weighted by atomic mass is 16.5. The van der Waals surface area contributed by atoms with Crippen LogP contribution in [0.1, 0.15) is 21.5 Å². The van der Waals surface area contributed by atoms with Gasteiger partial charge in [-0.05, 0) is 30.7 Å². The number of carbonyl (C=O) groups is 1. The van der Waals surface area contributed by atoms with Crippen molar-refractivity contribution in [1.82, 2.24) is 4.98 Å². The molecular weight excluding hydrogens is 242 g/mol. The Morgan fingerprint density at radius 2 is 2.00 bits per heavy atom. The van der Waals surface area contributed by atoms with Crippen molar-refractivity contribution in [3.05, 3.63) is 53.2 Å². The SMILES string of the molecule is COc1ccc(COc2ncc(C=O)cc2C)cc1. The molecule has 0 aliphatic rings. The molecule has 0 radical (unpaired) electrons. The maximum Gasteiger partial charge on any atom is 0.216 e. The number of benzene rings is 1. The van der Waals surface area contributed by atoms with Crippen molar-refractivity contribution in [3.8, 4) is 11.6 Å². The minimum Gasteiger partial charge on any atom is -0.497 e. The van der Waals surface area contributed by atoms with Crippen molar-refractivity contribution in [2.24, 2.45) is 0 Å². The molecule has 0 aliphatic heterocycles. The van der Waals surface area contributed by atoms with Crippen LogP contribution in [0.3, 0.4) is 0 Å². The van der Waals surface area contributed by atoms with Crippen LogP contribution in [0.2, 0.25) is 0 Å². The molecule has 0 spiro atoms. The maximum absolute atomic E-state index is 10.6. The Bertz CT molecular complexity index is 564. The fraction of sp³-hybridized carbons (Fsp3) is 0.200. The zero-order valence-corrected chi connectivity index (χ0v) is 10.9. The zero-order chi connectivity index (χ0) is 13.7. The summed E-state index contributed by atoms with van der Waals surface area (Å²) in [7, 11) is 1.63. The number of aryl methyl sites for hydroxylation is 1. The molecule has 0 saturated carbocycles. The summed E-state index contributed by atoms with van der Waals surface area (Å²) >= 11 is 0. The number of aldehydes is 1. The minimum absolute atomic E-state index is 0.429. The average Bonchev–Trinajstić information content (AvgIpc) is 2.46. The first-order valence-corrected chi connectivity index (χ1v) is 5.90. The Morgan fingerprint density at radius 3 is 2.58 bits per heavy atom. The van der Waals surface area contributed by atoms with E-state index in [2.05, 4.69) is 4.98 Å². The molecule has 4 heteroatoms. The number of nitrogens with zero attached hydrogens (tertiary/aromatic N) is 1. The number of carbonyl (C=O) groups excluding carboxylic acids is 1. The van der Waals surface area contributed by atoms with Crippen LogP contribution in [0.4, 0.5) is 0 Å². The third-order valence-corrected chi connectivity index (χ3v) is 2.72. The monoisotopic (exact) mass is 257 g/mol. The van der Waals surface area contributed by atoms with E-state index < -0.39 is 0 Å². The Kier molecular flexibility index (Phi) is 4.13. The summed E-state index contributed by atoms with van der Waals surface area (Å²) in [6, 6.07) is 9.40. The molecule has 0 bridgehead atoms. The van der Waals surface area contributed by atoms with Crippen LogP contribution in [-0.4, -0.2) is 18.4 Å². The van der Waals surface area contributed by atoms with Crippen molar-refractivity contribution in [1.29, 1.82) is 0 Å². The van der Waals surface area contributed by atoms with Crippen molar-refractivity contribution in [2.45, 2.75) is 13.5 Å². The van der Waals surface area contributed by atoms with Crippen LogP contribution in [0, 0.1) is 6.92 Å². The summed E-state index contributed by atoms with van der Waals surface area (Å²) in [5.41, 5.74) is 2.42. The fourth-order valence-electron chi connectivity index (χ4n) is 1.67. The first kappa shape index (κ1) is 13.1. The van der Waals surface area contributed by atoms with Crippen LogP contribution in [0.25, 0.3) is 0 Å². The molecule has 1 aromatic heterocycles. The van der Waals surface area contributed by atoms with E-state index in [1.54, 1.807) is 13.2 Å². The molecule has 0 N–H and O–H groups in total. The third kappa shape index (κ3) is 3.31. The summed E-state index contributed by atoms with van der Waals surface area (Å²) < 4.78 is 10.7. The van der Waals surface area contributed by atoms with Crippen LogP contribution in [0.15, 0.2) is 36.5 Å². The molecular formula is C15H15NO3. The lowest BCUT2D eigenvalue weighted by Gasteiger charge is -2.08. The summed E-state index contributed by atoms with van der Waals surface area (Å²) in [6.45, 7) is 2.29. The van der Waals surface area contributed by atoms with Gasteiger partial charge in [-0.1, -0.05) is 12.1 Å². The third-order valence-electron chi connectivity index (χ3n) is 2.72. The quantitative estimate of drug-likeness (QED) is 0.773. The number of hydrogen-bond acceptors (Lipinski definition) is 4. The summed E-state index contributed by atoms with van der Waals surface area (Å²) in [5, 5.41) is 0. The van der Waals surface area contributed by atoms with Crippen molar-refractivity contribution in [3.63, 3.8) is 0 Å². The predicted octanol–water partition coefficient (Wildman–Crippen LogP) is 2.79. The average molecular weight is 257 g/mol. The highest BCUT2D eigenvalue weighted by molar-refractivity contribution is 5.74. The van der Waals surface area contributed by atoms with E-state index in [4.69, 9.17) is 9.47 Å². The molecule has 0 saturated heterocycles. The molecule has 0 aliphatic carbocycles. The van der Waals surface area contributed by atoms with Crippen molar-refractivity contribution >= 4 is 6.29 Å². The van der Waals surface area contributed by atoms with E-state index in [-0.39, 0.29) is 0 Å². The number of hydrogen-bond donors (Lipinski definition) is 0. The molecule has 0 unspecified atom stereocenters. The number of pyridine rings is 1. The van der Waals surface area contributed by atoms with Crippen molar-refractivity contribution < 1.29 is 14.3 Å². The second-order valence-electron chi connectivity index (χ2n) is 4.15. The first-order chi connectivity index (χ1) is 9.22. The summed E-state index contributed by atoms with van der Waals surface area (Å²) in [5.74, 6) is 1.36. The van der Waals surface area contributed by atoms with Crippen LogP contribution in [0.5, 0.6) is 11.6 Å². The number of ether oxygens (including phenoxy) is 2. The molecule has 0 atom stereocenters. The van der Waals surface area contributed by atoms with Crippen molar-refractivity contribution in [2.75, 3.05) is 7.11 Å². The Balaban J connectivity index is 2.03. The fourth-order valence-corrected chi connectivity index (χ4v) is 1.67. The molecule has 1 heterocycles. The van der Waals surface area contributed by atoms with Gasteiger partial charge in [0.25, 0.3) is 0 Å². The molecule has 2 aromatic rings. The van der Waals surface area contributed by atoms with Gasteiger partial charge in [0.15, 0.2) is 6.29 Å². The van der Waals surface area contributed by atoms with Crippen LogP contribution in [-0.2, 0) is 6.61 Å². The molecule has 4 nitrogen and oxygen atoms in total. The lowest BCUT2D eigenvalue weighted by molar-refractivity contribution is 0.112. The largest absolute Gasteiger partial charge is 0.497 e. The highest BCUT2D eigenvalue weighted by Gasteiger charge is 2.03. The predicted molar refractivity (Wildman–Crippen MR) is 71.7 cm³/mol. The van der Waals surface area contributed by atoms with E-state index in [1.165, 1.54) is 6.20 Å². The molecule has 0 fully saturated rings. The van der Waals surface area contributed by atoms with Gasteiger partial charge in [-0.25, -0.2) is 4.98 Å². The van der Waals surface area contributed by atoms with Gasteiger partial charge in [0, 0.05) is 17.3 Å². The normalized spacial score (nSPS) is 10.0. The second-order valence-corrected chi connectivity index (χ2v) is 4.15. The summed E-state index contributed by atoms with van der Waals surface area (Å²) in [4.78, 5) is 14.7. The summed E-state index contributed by atoms with van der Waals surface area (Å²) in [6.07, 6.45) is 2.27. The van der Waals surface area contributed by atoms with Crippen LogP contribution < -0.4 is 9.47 Å². The van der Waals surface area contributed by atoms with Gasteiger partial charge in [-0.15, -0.1) is 0 Å². The zero-order valence-electron chi connectivity index (χ0n) is 10.9. The molecule has 0 amide bonds. The smallest absolute Gasteiger partial charge is 0.216 e. The van der Waals surface area contributed by atoms with Gasteiger partial charge in [-0.3, -0.25) is 4.79 Å². The van der Waals surface area contributed by atoms with Gasteiger partial charge < -0.3 is 9.47 Å². The standard InChI is InChI=1S/C15H15NO3/c1-11-7-13(9-17)8-16-15(11)19-10-12-3-5-14(18-2)6-4-12/h3-9H,10H2,1-2H3. The number of methoxy groups -OCH3 is 1. The van der Waals surface area contributed by atoms with E-state index in [0.29, 0.717) is 18.1 Å². The second kappa shape index (κ2) is 6.00. The highest BCUT2D eigenvalue weighted by Crippen LogP contribution is 2.17. The van der Waals surface area contributed by atoms with E-state index >= 15 is 0 Å². The van der Waals surface area contributed by atoms with E-state index in [1.807, 2.05) is 31.2 Å². The maximum atomic E-state index is 10.6. The Morgan fingerprint density at radius 1 is 1.26 bits per heavy atom. The lowest BCUT2D eigenvalue weighted by atomic mass is 10.2. The topological polar surface area (TPSA) is 48.4 Å². The molecule has 2 rings (SSSR count). The van der Waals surface area contributed by atoms with Gasteiger partial charge in [0.05, 0.1) is 7.11 Å². The number of rotatable bonds is 5. The Labute approximate surface area is 112 Å². The van der Waals surface area contributed by atoms with Gasteiger partial charge in [0.1, 0.15) is 12.4 Å². The number of aromatic nitrogens is 1. The molecule has 98 valence electrons. The molecule has 1 aromatic carbocycles. The lowest BCUT2D eigenvalue weighted by Crippen LogP contribution is -2.00. The van der Waals surface area contributed by atoms with Gasteiger partial charge in [-0.2, -0.15) is 0 Å².